The van der Waals surface area contributed by atoms with E-state index in [0.29, 0.717) is 62.6 Å². The normalized spacial score (nSPS) is 16.3. The van der Waals surface area contributed by atoms with Crippen LogP contribution >= 0.6 is 0 Å². The third kappa shape index (κ3) is 7.20. The van der Waals surface area contributed by atoms with Crippen molar-refractivity contribution in [3.63, 3.8) is 0 Å². The van der Waals surface area contributed by atoms with Gasteiger partial charge in [-0.05, 0) is 67.8 Å². The lowest BCUT2D eigenvalue weighted by Gasteiger charge is -2.37. The Labute approximate surface area is 270 Å². The molecule has 0 atom stereocenters. The van der Waals surface area contributed by atoms with Crippen LogP contribution in [-0.2, 0) is 14.8 Å². The Kier molecular flexibility index (Phi) is 9.10. The van der Waals surface area contributed by atoms with E-state index in [1.54, 1.807) is 41.7 Å². The monoisotopic (exact) mass is 667 g/mol. The molecule has 0 unspecified atom stereocenters. The highest BCUT2D eigenvalue weighted by Crippen LogP contribution is 2.28. The molecule has 15 heteroatoms. The molecule has 248 valence electrons. The Morgan fingerprint density at radius 2 is 1.79 bits per heavy atom. The summed E-state index contributed by atoms with van der Waals surface area (Å²) in [6, 6.07) is 11.8. The number of benzene rings is 2. The van der Waals surface area contributed by atoms with Gasteiger partial charge in [0.05, 0.1) is 18.1 Å². The van der Waals surface area contributed by atoms with E-state index in [0.717, 1.165) is 22.5 Å². The zero-order chi connectivity index (χ0) is 33.3. The lowest BCUT2D eigenvalue weighted by molar-refractivity contribution is -0.126. The van der Waals surface area contributed by atoms with E-state index in [-0.39, 0.29) is 29.4 Å². The van der Waals surface area contributed by atoms with Gasteiger partial charge in [0.25, 0.3) is 5.91 Å². The molecule has 4 aromatic rings. The van der Waals surface area contributed by atoms with Crippen LogP contribution in [0.15, 0.2) is 61.1 Å². The molecule has 2 aliphatic rings. The quantitative estimate of drug-likeness (QED) is 0.260. The first kappa shape index (κ1) is 32.3. The van der Waals surface area contributed by atoms with Gasteiger partial charge in [-0.25, -0.2) is 22.7 Å². The van der Waals surface area contributed by atoms with E-state index in [4.69, 9.17) is 0 Å². The lowest BCUT2D eigenvalue weighted by atomic mass is 9.94. The number of likely N-dealkylation sites (tertiary alicyclic amines) is 1. The molecule has 6 rings (SSSR count). The lowest BCUT2D eigenvalue weighted by Crippen LogP contribution is -2.54. The molecular weight excluding hydrogens is 632 g/mol. The number of amides is 2. The first-order chi connectivity index (χ1) is 22.5. The number of hydrogen-bond donors (Lipinski definition) is 2. The number of sulfonamides is 1. The second-order valence-corrected chi connectivity index (χ2v) is 13.9. The van der Waals surface area contributed by atoms with Gasteiger partial charge in [-0.1, -0.05) is 0 Å². The van der Waals surface area contributed by atoms with Crippen LogP contribution in [0.1, 0.15) is 28.8 Å². The summed E-state index contributed by atoms with van der Waals surface area (Å²) in [4.78, 5) is 36.9. The zero-order valence-electron chi connectivity index (χ0n) is 25.9. The number of aromatic nitrogens is 3. The highest BCUT2D eigenvalue weighted by Gasteiger charge is 2.34. The number of nitrogens with one attached hydrogen (secondary N) is 2. The van der Waals surface area contributed by atoms with Crippen molar-refractivity contribution in [3.8, 4) is 17.0 Å². The van der Waals surface area contributed by atoms with Gasteiger partial charge in [-0.2, -0.15) is 8.78 Å². The highest BCUT2D eigenvalue weighted by molar-refractivity contribution is 7.88. The van der Waals surface area contributed by atoms with Crippen LogP contribution in [0.2, 0.25) is 0 Å². The van der Waals surface area contributed by atoms with E-state index in [2.05, 4.69) is 25.3 Å². The number of aryl methyl sites for hydroxylation is 1. The van der Waals surface area contributed by atoms with Crippen molar-refractivity contribution in [1.82, 2.24) is 28.9 Å². The highest BCUT2D eigenvalue weighted by atomic mass is 32.2. The van der Waals surface area contributed by atoms with Crippen molar-refractivity contribution in [2.24, 2.45) is 11.8 Å². The molecule has 2 fully saturated rings. The average Bonchev–Trinajstić information content (AvgIpc) is 3.45. The SMILES string of the molecule is Cc1cc(Nc2nccn3c(-c4ccc(OC(F)F)cc4)cnc23)ccc1C(=O)N1CCC(C(=O)NCC2CN(S(C)(=O)=O)C2)CC1. The summed E-state index contributed by atoms with van der Waals surface area (Å²) in [5.41, 5.74) is 4.14. The van der Waals surface area contributed by atoms with Crippen molar-refractivity contribution < 1.29 is 31.5 Å². The molecule has 2 N–H and O–H groups in total. The minimum absolute atomic E-state index is 0.0490. The van der Waals surface area contributed by atoms with Crippen LogP contribution in [0.3, 0.4) is 0 Å². The van der Waals surface area contributed by atoms with Crippen LogP contribution in [0.25, 0.3) is 16.9 Å². The molecular formula is C32H35F2N7O5S. The number of nitrogens with zero attached hydrogens (tertiary/aromatic N) is 5. The van der Waals surface area contributed by atoms with Gasteiger partial charge in [0, 0.05) is 73.8 Å². The molecule has 2 saturated heterocycles. The van der Waals surface area contributed by atoms with Crippen LogP contribution in [0.5, 0.6) is 5.75 Å². The number of anilines is 2. The van der Waals surface area contributed by atoms with Gasteiger partial charge in [0.1, 0.15) is 5.75 Å². The molecule has 2 amide bonds. The van der Waals surface area contributed by atoms with Crippen molar-refractivity contribution in [3.05, 3.63) is 72.2 Å². The molecule has 0 saturated carbocycles. The number of carbonyl (C=O) groups excluding carboxylic acids is 2. The van der Waals surface area contributed by atoms with Gasteiger partial charge in [-0.15, -0.1) is 0 Å². The average molecular weight is 668 g/mol. The molecule has 0 aliphatic carbocycles. The van der Waals surface area contributed by atoms with Crippen LogP contribution < -0.4 is 15.4 Å². The third-order valence-electron chi connectivity index (χ3n) is 8.63. The number of hydrogen-bond acceptors (Lipinski definition) is 8. The maximum atomic E-state index is 13.4. The van der Waals surface area contributed by atoms with Gasteiger partial charge in [-0.3, -0.25) is 14.0 Å². The Hall–Kier alpha value is -4.63. The summed E-state index contributed by atoms with van der Waals surface area (Å²) in [5.74, 6) is 0.367. The topological polar surface area (TPSA) is 138 Å². The Bertz CT molecular complexity index is 1890. The molecule has 4 heterocycles. The van der Waals surface area contributed by atoms with Gasteiger partial charge < -0.3 is 20.3 Å². The second-order valence-electron chi connectivity index (χ2n) is 11.9. The predicted octanol–water partition coefficient (Wildman–Crippen LogP) is 3.91. The van der Waals surface area contributed by atoms with E-state index >= 15 is 0 Å². The fourth-order valence-electron chi connectivity index (χ4n) is 5.97. The predicted molar refractivity (Wildman–Crippen MR) is 171 cm³/mol. The van der Waals surface area contributed by atoms with Crippen molar-refractivity contribution in [2.45, 2.75) is 26.4 Å². The van der Waals surface area contributed by atoms with Crippen molar-refractivity contribution in [2.75, 3.05) is 44.3 Å². The fraction of sp³-hybridized carbons (Fsp3) is 0.375. The minimum Gasteiger partial charge on any atom is -0.435 e. The van der Waals surface area contributed by atoms with Crippen LogP contribution in [-0.4, -0.2) is 89.4 Å². The Morgan fingerprint density at radius 3 is 2.45 bits per heavy atom. The molecule has 47 heavy (non-hydrogen) atoms. The first-order valence-corrected chi connectivity index (χ1v) is 17.1. The number of piperidine rings is 1. The van der Waals surface area contributed by atoms with Crippen LogP contribution in [0, 0.1) is 18.8 Å². The second kappa shape index (κ2) is 13.2. The summed E-state index contributed by atoms with van der Waals surface area (Å²) < 4.78 is 55.8. The van der Waals surface area contributed by atoms with Crippen molar-refractivity contribution >= 4 is 39.0 Å². The Morgan fingerprint density at radius 1 is 1.06 bits per heavy atom. The van der Waals surface area contributed by atoms with Gasteiger partial charge in [0.15, 0.2) is 11.5 Å². The number of fused-ring (bicyclic) bond motifs is 1. The standard InChI is InChI=1S/C32H35F2N7O5S/c1-20-15-24(38-28-29-36-17-27(41(29)14-11-35-28)22-3-6-25(7-4-22)46-32(33)34)5-8-26(20)31(43)39-12-9-23(10-13-39)30(42)37-16-21-18-40(19-21)47(2,44)45/h3-8,11,14-15,17,21,23,32H,9-10,12-13,16,18-19H2,1-2H3,(H,35,38)(H,37,42). The zero-order valence-corrected chi connectivity index (χ0v) is 26.7. The summed E-state index contributed by atoms with van der Waals surface area (Å²) >= 11 is 0. The molecule has 0 bridgehead atoms. The molecule has 2 aliphatic heterocycles. The van der Waals surface area contributed by atoms with E-state index in [1.807, 2.05) is 23.5 Å². The summed E-state index contributed by atoms with van der Waals surface area (Å²) in [6.07, 6.45) is 7.37. The Balaban J connectivity index is 1.04. The minimum atomic E-state index is -3.18. The van der Waals surface area contributed by atoms with E-state index in [1.165, 1.54) is 22.7 Å². The number of rotatable bonds is 10. The van der Waals surface area contributed by atoms with E-state index in [9.17, 15) is 26.8 Å². The third-order valence-corrected chi connectivity index (χ3v) is 9.87. The number of imidazole rings is 1. The molecule has 12 nitrogen and oxygen atoms in total. The maximum Gasteiger partial charge on any atom is 0.387 e. The summed E-state index contributed by atoms with van der Waals surface area (Å²) in [6.45, 7) is 1.22. The molecule has 2 aromatic heterocycles. The number of alkyl halides is 2. The van der Waals surface area contributed by atoms with Gasteiger partial charge >= 0.3 is 6.61 Å². The number of halogens is 2. The summed E-state index contributed by atoms with van der Waals surface area (Å²) in [5, 5.41) is 6.24. The first-order valence-electron chi connectivity index (χ1n) is 15.2. The van der Waals surface area contributed by atoms with Crippen LogP contribution in [0.4, 0.5) is 20.3 Å². The number of carbonyl (C=O) groups is 2. The van der Waals surface area contributed by atoms with Gasteiger partial charge in [0.2, 0.25) is 15.9 Å². The largest absolute Gasteiger partial charge is 0.435 e. The van der Waals surface area contributed by atoms with Crippen molar-refractivity contribution in [1.29, 1.82) is 0 Å². The fourth-order valence-corrected chi connectivity index (χ4v) is 6.94. The van der Waals surface area contributed by atoms with E-state index < -0.39 is 16.6 Å². The molecule has 0 spiro atoms. The smallest absolute Gasteiger partial charge is 0.387 e. The number of ether oxygens (including phenoxy) is 1. The summed E-state index contributed by atoms with van der Waals surface area (Å²) in [7, 11) is -3.18. The maximum absolute atomic E-state index is 13.4. The molecule has 2 aromatic carbocycles. The molecule has 0 radical (unpaired) electrons.